The van der Waals surface area contributed by atoms with Crippen molar-refractivity contribution >= 4 is 11.4 Å². The smallest absolute Gasteiger partial charge is 0.0778 e. The van der Waals surface area contributed by atoms with Crippen molar-refractivity contribution < 1.29 is 0 Å². The molecule has 1 aromatic carbocycles. The molecule has 0 radical (unpaired) electrons. The van der Waals surface area contributed by atoms with Crippen LogP contribution in [0, 0.1) is 0 Å². The minimum absolute atomic E-state index is 0.877. The van der Waals surface area contributed by atoms with Crippen LogP contribution in [0.1, 0.15) is 6.42 Å². The fourth-order valence-electron chi connectivity index (χ4n) is 1.51. The molecule has 1 aliphatic rings. The minimum Gasteiger partial charge on any atom is -0.216 e. The fraction of sp³-hybridized carbons (Fsp3) is 0.154. The molecule has 0 aliphatic heterocycles. The Morgan fingerprint density at radius 2 is 2.00 bits per heavy atom. The van der Waals surface area contributed by atoms with E-state index in [-0.39, 0.29) is 0 Å². The minimum atomic E-state index is 0.877. The standard InChI is InChI=1S/C13H15N3/c1-14-16(13-10-6-3-7-11-13)15-12-8-4-2-5-9-12/h2-8,10-11,14H,9H2,1H3/b15-12-. The first-order valence-electron chi connectivity index (χ1n) is 5.33. The van der Waals surface area contributed by atoms with Gasteiger partial charge in [0.1, 0.15) is 0 Å². The molecule has 3 heteroatoms. The van der Waals surface area contributed by atoms with Gasteiger partial charge in [-0.15, -0.1) is 0 Å². The molecule has 0 bridgehead atoms. The molecule has 2 rings (SSSR count). The molecule has 0 atom stereocenters. The van der Waals surface area contributed by atoms with Crippen molar-refractivity contribution in [1.29, 1.82) is 0 Å². The maximum absolute atomic E-state index is 4.53. The predicted octanol–water partition coefficient (Wildman–Crippen LogP) is 2.50. The van der Waals surface area contributed by atoms with E-state index in [1.54, 1.807) is 5.12 Å². The molecule has 1 aliphatic carbocycles. The van der Waals surface area contributed by atoms with E-state index >= 15 is 0 Å². The third-order valence-corrected chi connectivity index (χ3v) is 2.30. The second-order valence-electron chi connectivity index (χ2n) is 3.45. The second-order valence-corrected chi connectivity index (χ2v) is 3.45. The number of hydrogen-bond donors (Lipinski definition) is 1. The van der Waals surface area contributed by atoms with Crippen LogP contribution in [0.2, 0.25) is 0 Å². The van der Waals surface area contributed by atoms with Gasteiger partial charge in [0.15, 0.2) is 0 Å². The van der Waals surface area contributed by atoms with Gasteiger partial charge in [0.05, 0.1) is 11.4 Å². The Balaban J connectivity index is 2.18. The number of para-hydroxylation sites is 1. The highest BCUT2D eigenvalue weighted by atomic mass is 15.7. The van der Waals surface area contributed by atoms with Crippen LogP contribution in [-0.4, -0.2) is 12.8 Å². The molecule has 0 unspecified atom stereocenters. The summed E-state index contributed by atoms with van der Waals surface area (Å²) in [5.41, 5.74) is 5.12. The molecule has 0 fully saturated rings. The number of hydrogen-bond acceptors (Lipinski definition) is 3. The quantitative estimate of drug-likeness (QED) is 0.781. The number of allylic oxidation sites excluding steroid dienone is 4. The van der Waals surface area contributed by atoms with Crippen LogP contribution in [0.4, 0.5) is 5.69 Å². The van der Waals surface area contributed by atoms with Crippen LogP contribution in [0.5, 0.6) is 0 Å². The highest BCUT2D eigenvalue weighted by Crippen LogP contribution is 2.12. The molecule has 0 amide bonds. The monoisotopic (exact) mass is 213 g/mol. The van der Waals surface area contributed by atoms with E-state index in [9.17, 15) is 0 Å². The number of hydrazone groups is 1. The fourth-order valence-corrected chi connectivity index (χ4v) is 1.51. The van der Waals surface area contributed by atoms with Gasteiger partial charge < -0.3 is 0 Å². The van der Waals surface area contributed by atoms with Gasteiger partial charge in [-0.1, -0.05) is 36.4 Å². The van der Waals surface area contributed by atoms with Gasteiger partial charge in [0.25, 0.3) is 0 Å². The van der Waals surface area contributed by atoms with E-state index in [1.165, 1.54) is 0 Å². The van der Waals surface area contributed by atoms with Crippen molar-refractivity contribution in [2.24, 2.45) is 5.10 Å². The average molecular weight is 213 g/mol. The van der Waals surface area contributed by atoms with E-state index in [0.29, 0.717) is 0 Å². The van der Waals surface area contributed by atoms with Crippen LogP contribution in [0.25, 0.3) is 0 Å². The molecular weight excluding hydrogens is 198 g/mol. The van der Waals surface area contributed by atoms with E-state index in [1.807, 2.05) is 55.6 Å². The van der Waals surface area contributed by atoms with E-state index in [2.05, 4.69) is 16.6 Å². The normalized spacial score (nSPS) is 16.7. The molecule has 16 heavy (non-hydrogen) atoms. The molecule has 0 aromatic heterocycles. The van der Waals surface area contributed by atoms with Gasteiger partial charge in [-0.2, -0.15) is 10.2 Å². The first-order chi connectivity index (χ1) is 7.90. The summed E-state index contributed by atoms with van der Waals surface area (Å²) in [6.45, 7) is 0. The molecule has 0 saturated heterocycles. The number of nitrogens with one attached hydrogen (secondary N) is 1. The van der Waals surface area contributed by atoms with Gasteiger partial charge >= 0.3 is 0 Å². The van der Waals surface area contributed by atoms with E-state index in [0.717, 1.165) is 17.8 Å². The maximum Gasteiger partial charge on any atom is 0.0778 e. The molecule has 1 N–H and O–H groups in total. The predicted molar refractivity (Wildman–Crippen MR) is 68.3 cm³/mol. The van der Waals surface area contributed by atoms with Gasteiger partial charge in [-0.05, 0) is 18.2 Å². The zero-order chi connectivity index (χ0) is 11.2. The Bertz CT molecular complexity index is 418. The SMILES string of the molecule is CNN(/N=C1/C=CC=CC1)c1ccccc1. The first kappa shape index (κ1) is 10.6. The summed E-state index contributed by atoms with van der Waals surface area (Å²) >= 11 is 0. The van der Waals surface area contributed by atoms with Crippen LogP contribution < -0.4 is 10.5 Å². The molecule has 0 spiro atoms. The summed E-state index contributed by atoms with van der Waals surface area (Å²) in [5, 5.41) is 6.30. The molecular formula is C13H15N3. The van der Waals surface area contributed by atoms with Crippen molar-refractivity contribution in [1.82, 2.24) is 5.43 Å². The van der Waals surface area contributed by atoms with Crippen molar-refractivity contribution in [3.05, 3.63) is 54.6 Å². The topological polar surface area (TPSA) is 27.6 Å². The van der Waals surface area contributed by atoms with Gasteiger partial charge in [-0.3, -0.25) is 0 Å². The molecule has 82 valence electrons. The summed E-state index contributed by atoms with van der Waals surface area (Å²) in [6.07, 6.45) is 9.03. The van der Waals surface area contributed by atoms with Gasteiger partial charge in [0, 0.05) is 13.5 Å². The van der Waals surface area contributed by atoms with E-state index in [4.69, 9.17) is 0 Å². The highest BCUT2D eigenvalue weighted by Gasteiger charge is 2.03. The number of nitrogens with zero attached hydrogens (tertiary/aromatic N) is 2. The van der Waals surface area contributed by atoms with Crippen molar-refractivity contribution in [2.45, 2.75) is 6.42 Å². The maximum atomic E-state index is 4.53. The molecule has 1 aromatic rings. The number of rotatable bonds is 3. The number of hydrazine groups is 1. The Hall–Kier alpha value is -1.87. The third-order valence-electron chi connectivity index (χ3n) is 2.30. The lowest BCUT2D eigenvalue weighted by Crippen LogP contribution is -2.30. The molecule has 3 nitrogen and oxygen atoms in total. The average Bonchev–Trinajstić information content (AvgIpc) is 2.38. The van der Waals surface area contributed by atoms with Crippen molar-refractivity contribution in [3.8, 4) is 0 Å². The summed E-state index contributed by atoms with van der Waals surface area (Å²) in [6, 6.07) is 10.0. The summed E-state index contributed by atoms with van der Waals surface area (Å²) in [5.74, 6) is 0. The summed E-state index contributed by atoms with van der Waals surface area (Å²) < 4.78 is 0. The number of benzene rings is 1. The lowest BCUT2D eigenvalue weighted by atomic mass is 10.2. The zero-order valence-corrected chi connectivity index (χ0v) is 9.30. The summed E-state index contributed by atoms with van der Waals surface area (Å²) in [7, 11) is 1.86. The lowest BCUT2D eigenvalue weighted by molar-refractivity contribution is 0.738. The van der Waals surface area contributed by atoms with Crippen LogP contribution in [0.15, 0.2) is 59.7 Å². The van der Waals surface area contributed by atoms with Gasteiger partial charge in [0.2, 0.25) is 0 Å². The van der Waals surface area contributed by atoms with Crippen molar-refractivity contribution in [2.75, 3.05) is 12.2 Å². The highest BCUT2D eigenvalue weighted by molar-refractivity contribution is 5.97. The summed E-state index contributed by atoms with van der Waals surface area (Å²) in [4.78, 5) is 0. The third kappa shape index (κ3) is 2.58. The van der Waals surface area contributed by atoms with Crippen molar-refractivity contribution in [3.63, 3.8) is 0 Å². The Morgan fingerprint density at radius 3 is 2.62 bits per heavy atom. The Labute approximate surface area is 95.7 Å². The first-order valence-corrected chi connectivity index (χ1v) is 5.33. The van der Waals surface area contributed by atoms with Crippen LogP contribution in [0.3, 0.4) is 0 Å². The number of anilines is 1. The Morgan fingerprint density at radius 1 is 1.19 bits per heavy atom. The molecule has 0 saturated carbocycles. The lowest BCUT2D eigenvalue weighted by Gasteiger charge is -2.18. The van der Waals surface area contributed by atoms with Gasteiger partial charge in [-0.25, -0.2) is 5.43 Å². The second kappa shape index (κ2) is 5.28. The van der Waals surface area contributed by atoms with E-state index < -0.39 is 0 Å². The largest absolute Gasteiger partial charge is 0.216 e. The van der Waals surface area contributed by atoms with Crippen LogP contribution in [-0.2, 0) is 0 Å². The Kier molecular flexibility index (Phi) is 3.51. The molecule has 0 heterocycles. The zero-order valence-electron chi connectivity index (χ0n) is 9.30. The van der Waals surface area contributed by atoms with Crippen LogP contribution >= 0.6 is 0 Å².